The molecule has 1 aromatic carbocycles. The Bertz CT molecular complexity index is 648. The molecule has 0 spiro atoms. The first-order valence-electron chi connectivity index (χ1n) is 6.33. The molecular formula is C14H14BrN3O. The molecule has 98 valence electrons. The number of anilines is 1. The third-order valence-corrected chi connectivity index (χ3v) is 3.97. The third-order valence-electron chi connectivity index (χ3n) is 3.39. The van der Waals surface area contributed by atoms with Gasteiger partial charge in [0.15, 0.2) is 0 Å². The van der Waals surface area contributed by atoms with E-state index in [0.29, 0.717) is 17.8 Å². The van der Waals surface area contributed by atoms with Gasteiger partial charge in [0.1, 0.15) is 5.69 Å². The molecule has 4 nitrogen and oxygen atoms in total. The third kappa shape index (κ3) is 2.08. The zero-order valence-corrected chi connectivity index (χ0v) is 12.2. The highest BCUT2D eigenvalue weighted by molar-refractivity contribution is 9.10. The molecular weight excluding hydrogens is 306 g/mol. The van der Waals surface area contributed by atoms with Crippen LogP contribution in [0, 0.1) is 0 Å². The number of nitrogens with zero attached hydrogens (tertiary/aromatic N) is 2. The molecule has 2 heterocycles. The number of carbonyl (C=O) groups excluding carboxylic acids is 1. The highest BCUT2D eigenvalue weighted by Crippen LogP contribution is 2.26. The highest BCUT2D eigenvalue weighted by atomic mass is 79.9. The number of aryl methyl sites for hydroxylation is 1. The summed E-state index contributed by atoms with van der Waals surface area (Å²) in [5, 5.41) is 7.48. The lowest BCUT2D eigenvalue weighted by Gasteiger charge is -2.07. The van der Waals surface area contributed by atoms with Gasteiger partial charge in [0, 0.05) is 24.3 Å². The number of hydrogen-bond acceptors (Lipinski definition) is 3. The van der Waals surface area contributed by atoms with Crippen LogP contribution in [0.3, 0.4) is 0 Å². The van der Waals surface area contributed by atoms with Crippen molar-refractivity contribution in [3.8, 4) is 0 Å². The lowest BCUT2D eigenvalue weighted by molar-refractivity contribution is 0.102. The van der Waals surface area contributed by atoms with Crippen molar-refractivity contribution in [1.82, 2.24) is 9.78 Å². The van der Waals surface area contributed by atoms with Gasteiger partial charge in [-0.05, 0) is 40.9 Å². The van der Waals surface area contributed by atoms with Crippen LogP contribution >= 0.6 is 15.9 Å². The van der Waals surface area contributed by atoms with Crippen LogP contribution in [0.2, 0.25) is 0 Å². The molecule has 0 amide bonds. The van der Waals surface area contributed by atoms with E-state index >= 15 is 0 Å². The summed E-state index contributed by atoms with van der Waals surface area (Å²) in [5.74, 6) is 0.00252. The maximum atomic E-state index is 12.6. The van der Waals surface area contributed by atoms with Gasteiger partial charge in [-0.3, -0.25) is 9.48 Å². The second-order valence-corrected chi connectivity index (χ2v) is 5.39. The van der Waals surface area contributed by atoms with Gasteiger partial charge in [0.25, 0.3) is 0 Å². The Morgan fingerprint density at radius 2 is 2.37 bits per heavy atom. The molecule has 1 aromatic heterocycles. The lowest BCUT2D eigenvalue weighted by atomic mass is 10.0. The zero-order valence-electron chi connectivity index (χ0n) is 10.6. The molecule has 3 rings (SSSR count). The van der Waals surface area contributed by atoms with Crippen molar-refractivity contribution in [2.45, 2.75) is 19.9 Å². The maximum Gasteiger partial charge on any atom is 0.212 e. The second-order valence-electron chi connectivity index (χ2n) is 4.53. The molecule has 5 heteroatoms. The minimum Gasteiger partial charge on any atom is -0.384 e. The van der Waals surface area contributed by atoms with E-state index in [1.54, 1.807) is 10.9 Å². The van der Waals surface area contributed by atoms with Crippen molar-refractivity contribution in [3.05, 3.63) is 45.7 Å². The molecule has 0 aliphatic carbocycles. The summed E-state index contributed by atoms with van der Waals surface area (Å²) in [6, 6.07) is 5.86. The van der Waals surface area contributed by atoms with Crippen LogP contribution in [0.5, 0.6) is 0 Å². The first-order valence-corrected chi connectivity index (χ1v) is 7.13. The standard InChI is InChI=1S/C14H14BrN3O/c1-2-18-13(11(15)8-17-18)14(19)10-4-3-9-5-6-16-12(9)7-10/h3-4,7-8,16H,2,5-6H2,1H3. The van der Waals surface area contributed by atoms with Gasteiger partial charge >= 0.3 is 0 Å². The summed E-state index contributed by atoms with van der Waals surface area (Å²) in [7, 11) is 0. The Hall–Kier alpha value is -1.62. The summed E-state index contributed by atoms with van der Waals surface area (Å²) < 4.78 is 2.46. The van der Waals surface area contributed by atoms with Crippen molar-refractivity contribution >= 4 is 27.4 Å². The number of carbonyl (C=O) groups is 1. The van der Waals surface area contributed by atoms with Crippen molar-refractivity contribution in [1.29, 1.82) is 0 Å². The number of ketones is 1. The van der Waals surface area contributed by atoms with Crippen LogP contribution in [0.25, 0.3) is 0 Å². The average Bonchev–Trinajstić information content (AvgIpc) is 3.02. The minimum atomic E-state index is 0.00252. The van der Waals surface area contributed by atoms with Crippen molar-refractivity contribution in [2.24, 2.45) is 0 Å². The molecule has 0 unspecified atom stereocenters. The van der Waals surface area contributed by atoms with Crippen LogP contribution in [0.4, 0.5) is 5.69 Å². The molecule has 0 bridgehead atoms. The van der Waals surface area contributed by atoms with Crippen LogP contribution in [0.15, 0.2) is 28.9 Å². The quantitative estimate of drug-likeness (QED) is 0.885. The van der Waals surface area contributed by atoms with E-state index in [2.05, 4.69) is 26.3 Å². The zero-order chi connectivity index (χ0) is 13.4. The second kappa shape index (κ2) is 4.81. The number of rotatable bonds is 3. The van der Waals surface area contributed by atoms with E-state index in [4.69, 9.17) is 0 Å². The van der Waals surface area contributed by atoms with Crippen LogP contribution in [-0.2, 0) is 13.0 Å². The Labute approximate surface area is 119 Å². The highest BCUT2D eigenvalue weighted by Gasteiger charge is 2.20. The topological polar surface area (TPSA) is 46.9 Å². The predicted molar refractivity (Wildman–Crippen MR) is 77.7 cm³/mol. The lowest BCUT2D eigenvalue weighted by Crippen LogP contribution is -2.11. The maximum absolute atomic E-state index is 12.6. The Kier molecular flexibility index (Phi) is 3.14. The first kappa shape index (κ1) is 12.4. The van der Waals surface area contributed by atoms with Gasteiger partial charge in [-0.25, -0.2) is 0 Å². The molecule has 1 N–H and O–H groups in total. The smallest absolute Gasteiger partial charge is 0.212 e. The Balaban J connectivity index is 2.02. The van der Waals surface area contributed by atoms with E-state index in [1.165, 1.54) is 5.56 Å². The van der Waals surface area contributed by atoms with E-state index in [-0.39, 0.29) is 5.78 Å². The van der Waals surface area contributed by atoms with Crippen molar-refractivity contribution in [2.75, 3.05) is 11.9 Å². The molecule has 2 aromatic rings. The van der Waals surface area contributed by atoms with Gasteiger partial charge < -0.3 is 5.32 Å². The molecule has 0 radical (unpaired) electrons. The molecule has 1 aliphatic heterocycles. The SMILES string of the molecule is CCn1ncc(Br)c1C(=O)c1ccc2c(c1)NCC2. The normalized spacial score (nSPS) is 13.2. The van der Waals surface area contributed by atoms with Crippen molar-refractivity contribution in [3.63, 3.8) is 0 Å². The molecule has 19 heavy (non-hydrogen) atoms. The summed E-state index contributed by atoms with van der Waals surface area (Å²) in [4.78, 5) is 12.6. The van der Waals surface area contributed by atoms with Gasteiger partial charge in [-0.1, -0.05) is 12.1 Å². The molecule has 0 atom stereocenters. The monoisotopic (exact) mass is 319 g/mol. The summed E-state index contributed by atoms with van der Waals surface area (Å²) >= 11 is 3.40. The Morgan fingerprint density at radius 3 is 3.16 bits per heavy atom. The van der Waals surface area contributed by atoms with Crippen LogP contribution < -0.4 is 5.32 Å². The van der Waals surface area contributed by atoms with Gasteiger partial charge in [0.2, 0.25) is 5.78 Å². The Morgan fingerprint density at radius 1 is 1.53 bits per heavy atom. The van der Waals surface area contributed by atoms with Gasteiger partial charge in [-0.15, -0.1) is 0 Å². The number of benzene rings is 1. The predicted octanol–water partition coefficient (Wildman–Crippen LogP) is 2.86. The number of hydrogen-bond donors (Lipinski definition) is 1. The largest absolute Gasteiger partial charge is 0.384 e. The van der Waals surface area contributed by atoms with E-state index in [9.17, 15) is 4.79 Å². The van der Waals surface area contributed by atoms with E-state index in [0.717, 1.165) is 23.1 Å². The van der Waals surface area contributed by atoms with Crippen molar-refractivity contribution < 1.29 is 4.79 Å². The van der Waals surface area contributed by atoms with E-state index in [1.807, 2.05) is 25.1 Å². The van der Waals surface area contributed by atoms with Gasteiger partial charge in [-0.2, -0.15) is 5.10 Å². The molecule has 1 aliphatic rings. The van der Waals surface area contributed by atoms with Crippen LogP contribution in [-0.4, -0.2) is 22.1 Å². The number of halogens is 1. The summed E-state index contributed by atoms with van der Waals surface area (Å²) in [6.07, 6.45) is 2.70. The van der Waals surface area contributed by atoms with Crippen LogP contribution in [0.1, 0.15) is 28.5 Å². The summed E-state index contributed by atoms with van der Waals surface area (Å²) in [6.45, 7) is 3.60. The molecule has 0 fully saturated rings. The minimum absolute atomic E-state index is 0.00252. The number of nitrogens with one attached hydrogen (secondary N) is 1. The molecule has 0 saturated heterocycles. The fourth-order valence-electron chi connectivity index (χ4n) is 2.40. The number of fused-ring (bicyclic) bond motifs is 1. The fraction of sp³-hybridized carbons (Fsp3) is 0.286. The van der Waals surface area contributed by atoms with E-state index < -0.39 is 0 Å². The molecule has 0 saturated carbocycles. The summed E-state index contributed by atoms with van der Waals surface area (Å²) in [5.41, 5.74) is 3.66. The fourth-order valence-corrected chi connectivity index (χ4v) is 2.87. The number of aromatic nitrogens is 2. The first-order chi connectivity index (χ1) is 9.20. The average molecular weight is 320 g/mol. The van der Waals surface area contributed by atoms with Gasteiger partial charge in [0.05, 0.1) is 10.7 Å².